The monoisotopic (exact) mass is 258 g/mol. The highest BCUT2D eigenvalue weighted by molar-refractivity contribution is 9.69. The first-order chi connectivity index (χ1) is 3.63. The summed E-state index contributed by atoms with van der Waals surface area (Å²) in [6.45, 7) is 4.22. The normalized spacial score (nSPS) is 9.62. The van der Waals surface area contributed by atoms with E-state index in [1.54, 1.807) is 0 Å². The van der Waals surface area contributed by atoms with Crippen LogP contribution < -0.4 is 0 Å². The second-order valence-corrected chi connectivity index (χ2v) is 10.7. The van der Waals surface area contributed by atoms with Crippen LogP contribution in [0.2, 0.25) is 0 Å². The van der Waals surface area contributed by atoms with E-state index in [0.717, 1.165) is 6.16 Å². The van der Waals surface area contributed by atoms with Gasteiger partial charge in [-0.2, -0.15) is 0 Å². The van der Waals surface area contributed by atoms with Gasteiger partial charge in [0.1, 0.15) is 0 Å². The van der Waals surface area contributed by atoms with Crippen LogP contribution in [0.3, 0.4) is 0 Å². The first-order valence-corrected chi connectivity index (χ1v) is 7.92. The minimum Gasteiger partial charge on any atom is -0.0800 e. The maximum Gasteiger partial charge on any atom is 0.0384 e. The molecule has 0 rings (SSSR count). The lowest BCUT2D eigenvalue weighted by atomic mass is 10.3. The summed E-state index contributed by atoms with van der Waals surface area (Å²) in [6.07, 6.45) is 3.34. The summed E-state index contributed by atoms with van der Waals surface area (Å²) in [4.78, 5) is 0. The molecular weight excluding hydrogens is 251 g/mol. The Morgan fingerprint density at radius 3 is 2.12 bits per heavy atom. The van der Waals surface area contributed by atoms with E-state index >= 15 is 0 Å². The highest BCUT2D eigenvalue weighted by atomic mass is 79.9. The predicted molar refractivity (Wildman–Crippen MR) is 49.1 cm³/mol. The van der Waals surface area contributed by atoms with Crippen molar-refractivity contribution >= 4 is 36.3 Å². The van der Waals surface area contributed by atoms with Gasteiger partial charge in [0.15, 0.2) is 0 Å². The number of halogens is 2. The van der Waals surface area contributed by atoms with Crippen molar-refractivity contribution in [1.29, 1.82) is 0 Å². The molecule has 0 N–H and O–H groups in total. The third-order valence-electron chi connectivity index (χ3n) is 0.638. The smallest absolute Gasteiger partial charge is 0.0384 e. The van der Waals surface area contributed by atoms with Gasteiger partial charge in [0.05, 0.1) is 0 Å². The molecule has 0 fully saturated rings. The lowest BCUT2D eigenvalue weighted by Crippen LogP contribution is -1.67. The largest absolute Gasteiger partial charge is 0.0800 e. The maximum atomic E-state index is 3.44. The number of hydrogen-bond donors (Lipinski definition) is 0. The standard InChI is InChI=1S/C5H9Br2P/c1-5(2)3-4-8(6)7/h3H,4H2,1-2H3. The first kappa shape index (κ1) is 9.13. The van der Waals surface area contributed by atoms with E-state index in [0.29, 0.717) is 0 Å². The van der Waals surface area contributed by atoms with Gasteiger partial charge < -0.3 is 0 Å². The van der Waals surface area contributed by atoms with Gasteiger partial charge in [-0.1, -0.05) is 11.6 Å². The molecule has 0 nitrogen and oxygen atoms in total. The molecule has 0 bridgehead atoms. The lowest BCUT2D eigenvalue weighted by Gasteiger charge is -1.93. The zero-order chi connectivity index (χ0) is 6.57. The average molecular weight is 260 g/mol. The fraction of sp³-hybridized carbons (Fsp3) is 0.600. The van der Waals surface area contributed by atoms with Gasteiger partial charge in [0.25, 0.3) is 0 Å². The molecule has 0 saturated carbocycles. The zero-order valence-corrected chi connectivity index (χ0v) is 9.05. The van der Waals surface area contributed by atoms with Gasteiger partial charge in [-0.15, -0.1) is 0 Å². The summed E-state index contributed by atoms with van der Waals surface area (Å²) in [5.41, 5.74) is 1.39. The molecule has 0 unspecified atom stereocenters. The first-order valence-electron chi connectivity index (χ1n) is 2.35. The van der Waals surface area contributed by atoms with Gasteiger partial charge >= 0.3 is 0 Å². The number of hydrogen-bond acceptors (Lipinski definition) is 0. The molecule has 0 atom stereocenters. The molecule has 0 radical (unpaired) electrons. The quantitative estimate of drug-likeness (QED) is 0.518. The van der Waals surface area contributed by atoms with Crippen molar-refractivity contribution in [2.45, 2.75) is 13.8 Å². The van der Waals surface area contributed by atoms with Crippen LogP contribution in [0.1, 0.15) is 13.8 Å². The molecule has 0 saturated heterocycles. The summed E-state index contributed by atoms with van der Waals surface area (Å²) in [5, 5.41) is -0.0844. The third-order valence-corrected chi connectivity index (χ3v) is 2.83. The van der Waals surface area contributed by atoms with Gasteiger partial charge in [0.2, 0.25) is 0 Å². The van der Waals surface area contributed by atoms with E-state index < -0.39 is 0 Å². The second-order valence-electron chi connectivity index (χ2n) is 1.77. The van der Waals surface area contributed by atoms with Crippen LogP contribution in [0.4, 0.5) is 0 Å². The van der Waals surface area contributed by atoms with Crippen molar-refractivity contribution < 1.29 is 0 Å². The van der Waals surface area contributed by atoms with E-state index in [4.69, 9.17) is 0 Å². The second kappa shape index (κ2) is 4.96. The fourth-order valence-electron chi connectivity index (χ4n) is 0.252. The SMILES string of the molecule is CC(C)=CCP(Br)Br. The molecular formula is C5H9Br2P. The van der Waals surface area contributed by atoms with Crippen molar-refractivity contribution in [2.24, 2.45) is 0 Å². The molecule has 0 aliphatic heterocycles. The Morgan fingerprint density at radius 1 is 1.50 bits per heavy atom. The topological polar surface area (TPSA) is 0 Å². The summed E-state index contributed by atoms with van der Waals surface area (Å²) in [7, 11) is 0. The third kappa shape index (κ3) is 7.13. The van der Waals surface area contributed by atoms with Crippen LogP contribution in [-0.2, 0) is 0 Å². The van der Waals surface area contributed by atoms with Crippen LogP contribution in [-0.4, -0.2) is 6.16 Å². The molecule has 0 spiro atoms. The Kier molecular flexibility index (Phi) is 5.66. The summed E-state index contributed by atoms with van der Waals surface area (Å²) in [5.74, 6) is 0. The van der Waals surface area contributed by atoms with E-state index in [1.165, 1.54) is 5.57 Å². The predicted octanol–water partition coefficient (Wildman–Crippen LogP) is 4.05. The fourth-order valence-corrected chi connectivity index (χ4v) is 1.62. The molecule has 0 aromatic rings. The van der Waals surface area contributed by atoms with Crippen molar-refractivity contribution in [3.8, 4) is 0 Å². The molecule has 0 aliphatic carbocycles. The van der Waals surface area contributed by atoms with E-state index in [9.17, 15) is 0 Å². The van der Waals surface area contributed by atoms with E-state index in [2.05, 4.69) is 50.9 Å². The Hall–Kier alpha value is 1.13. The lowest BCUT2D eigenvalue weighted by molar-refractivity contribution is 1.37. The van der Waals surface area contributed by atoms with E-state index in [1.807, 2.05) is 0 Å². The highest BCUT2D eigenvalue weighted by Gasteiger charge is 1.90. The molecule has 0 aliphatic rings. The van der Waals surface area contributed by atoms with Crippen molar-refractivity contribution in [3.63, 3.8) is 0 Å². The zero-order valence-electron chi connectivity index (χ0n) is 4.99. The van der Waals surface area contributed by atoms with Gasteiger partial charge in [0, 0.05) is 11.5 Å². The number of allylic oxidation sites excluding steroid dienone is 2. The van der Waals surface area contributed by atoms with Crippen LogP contribution in [0.5, 0.6) is 0 Å². The Bertz CT molecular complexity index is 84.4. The molecule has 0 aromatic heterocycles. The number of rotatable bonds is 2. The average Bonchev–Trinajstić information content (AvgIpc) is 1.61. The molecule has 0 heterocycles. The molecule has 0 aromatic carbocycles. The van der Waals surface area contributed by atoms with E-state index in [-0.39, 0.29) is 5.33 Å². The van der Waals surface area contributed by atoms with Gasteiger partial charge in [-0.25, -0.2) is 0 Å². The maximum absolute atomic E-state index is 3.44. The molecule has 0 amide bonds. The van der Waals surface area contributed by atoms with Crippen LogP contribution in [0.15, 0.2) is 11.6 Å². The molecule has 3 heteroatoms. The molecule has 8 heavy (non-hydrogen) atoms. The molecule has 48 valence electrons. The minimum atomic E-state index is -0.0844. The highest BCUT2D eigenvalue weighted by Crippen LogP contribution is 2.51. The van der Waals surface area contributed by atoms with Gasteiger partial charge in [-0.3, -0.25) is 0 Å². The van der Waals surface area contributed by atoms with Crippen LogP contribution in [0.25, 0.3) is 0 Å². The minimum absolute atomic E-state index is 0.0844. The van der Waals surface area contributed by atoms with Crippen molar-refractivity contribution in [3.05, 3.63) is 11.6 Å². The van der Waals surface area contributed by atoms with Crippen molar-refractivity contribution in [2.75, 3.05) is 6.16 Å². The van der Waals surface area contributed by atoms with Crippen molar-refractivity contribution in [1.82, 2.24) is 0 Å². The van der Waals surface area contributed by atoms with Gasteiger partial charge in [-0.05, 0) is 44.8 Å². The summed E-state index contributed by atoms with van der Waals surface area (Å²) in [6, 6.07) is 0. The summed E-state index contributed by atoms with van der Waals surface area (Å²) >= 11 is 6.88. The Balaban J connectivity index is 3.29. The summed E-state index contributed by atoms with van der Waals surface area (Å²) < 4.78 is 0. The Labute approximate surface area is 68.0 Å². The van der Waals surface area contributed by atoms with Crippen LogP contribution in [0, 0.1) is 0 Å². The Morgan fingerprint density at radius 2 is 2.00 bits per heavy atom. The van der Waals surface area contributed by atoms with Crippen LogP contribution >= 0.6 is 36.3 Å².